The molecule has 1 aliphatic rings. The largest absolute Gasteiger partial charge is 0.494 e. The summed E-state index contributed by atoms with van der Waals surface area (Å²) in [6.07, 6.45) is 0.897. The Kier molecular flexibility index (Phi) is 6.45. The fourth-order valence-electron chi connectivity index (χ4n) is 4.01. The van der Waals surface area contributed by atoms with Gasteiger partial charge in [0.15, 0.2) is 11.6 Å². The normalized spacial score (nSPS) is 15.7. The molecule has 0 radical (unpaired) electrons. The number of carbonyl (C=O) groups excluding carboxylic acids is 1. The average molecular weight is 468 g/mol. The maximum absolute atomic E-state index is 14.5. The third-order valence-corrected chi connectivity index (χ3v) is 7.11. The lowest BCUT2D eigenvalue weighted by atomic mass is 10.0. The van der Waals surface area contributed by atoms with Crippen molar-refractivity contribution in [3.8, 4) is 33.4 Å². The first kappa shape index (κ1) is 22.9. The third-order valence-electron chi connectivity index (χ3n) is 5.94. The zero-order valence-corrected chi connectivity index (χ0v) is 19.4. The smallest absolute Gasteiger partial charge is 0.264 e. The van der Waals surface area contributed by atoms with Crippen molar-refractivity contribution in [2.75, 3.05) is 34.3 Å². The average Bonchev–Trinajstić information content (AvgIpc) is 3.47. The fourth-order valence-corrected chi connectivity index (χ4v) is 5.15. The Labute approximate surface area is 195 Å². The number of nitrogens with zero attached hydrogens (tertiary/aromatic N) is 3. The van der Waals surface area contributed by atoms with E-state index < -0.39 is 11.6 Å². The monoisotopic (exact) mass is 467 g/mol. The fraction of sp³-hybridized carbons (Fsp3) is 0.280. The summed E-state index contributed by atoms with van der Waals surface area (Å²) in [5, 5.41) is 9.06. The Morgan fingerprint density at radius 3 is 2.48 bits per heavy atom. The van der Waals surface area contributed by atoms with Gasteiger partial charge in [-0.25, -0.2) is 8.78 Å². The molecule has 0 aliphatic carbocycles. The highest BCUT2D eigenvalue weighted by Gasteiger charge is 2.30. The Morgan fingerprint density at radius 1 is 1.15 bits per heavy atom. The molecule has 1 fully saturated rings. The molecule has 4 rings (SSSR count). The molecule has 8 heteroatoms. The predicted octanol–water partition coefficient (Wildman–Crippen LogP) is 5.02. The molecule has 2 heterocycles. The summed E-state index contributed by atoms with van der Waals surface area (Å²) in [6, 6.07) is 12.7. The van der Waals surface area contributed by atoms with Crippen LogP contribution < -0.4 is 4.74 Å². The summed E-state index contributed by atoms with van der Waals surface area (Å²) >= 11 is 1.25. The van der Waals surface area contributed by atoms with E-state index in [1.807, 2.05) is 25.1 Å². The highest BCUT2D eigenvalue weighted by atomic mass is 32.1. The SMILES string of the molecule is COc1ccc(-c2sc(C(=O)N3CCC(N(C)C)C3)cc2-c2ccc(C#N)c(F)c2)cc1F. The Morgan fingerprint density at radius 2 is 1.88 bits per heavy atom. The van der Waals surface area contributed by atoms with Crippen LogP contribution in [0.5, 0.6) is 5.75 Å². The zero-order chi connectivity index (χ0) is 23.7. The van der Waals surface area contributed by atoms with Gasteiger partial charge in [0.1, 0.15) is 11.9 Å². The van der Waals surface area contributed by atoms with Crippen molar-refractivity contribution in [2.45, 2.75) is 12.5 Å². The van der Waals surface area contributed by atoms with Crippen LogP contribution in [0.3, 0.4) is 0 Å². The highest BCUT2D eigenvalue weighted by molar-refractivity contribution is 7.18. The minimum absolute atomic E-state index is 0.0610. The molecule has 1 aromatic heterocycles. The molecule has 1 unspecified atom stereocenters. The van der Waals surface area contributed by atoms with E-state index in [4.69, 9.17) is 10.00 Å². The van der Waals surface area contributed by atoms with E-state index >= 15 is 0 Å². The standard InChI is InChI=1S/C25H23F2N3O2S/c1-29(2)18-8-9-30(14-18)25(31)23-12-19(15-4-5-17(13-28)20(26)10-15)24(33-23)16-6-7-22(32-3)21(27)11-16/h4-7,10-12,18H,8-9,14H2,1-3H3. The van der Waals surface area contributed by atoms with Gasteiger partial charge in [-0.2, -0.15) is 5.26 Å². The minimum Gasteiger partial charge on any atom is -0.494 e. The van der Waals surface area contributed by atoms with E-state index in [1.165, 1.54) is 42.7 Å². The number of nitriles is 1. The first-order valence-corrected chi connectivity index (χ1v) is 11.3. The summed E-state index contributed by atoms with van der Waals surface area (Å²) in [7, 11) is 5.39. The number of thiophene rings is 1. The molecule has 5 nitrogen and oxygen atoms in total. The van der Waals surface area contributed by atoms with Crippen molar-refractivity contribution in [3.63, 3.8) is 0 Å². The molecule has 0 N–H and O–H groups in total. The van der Waals surface area contributed by atoms with E-state index in [-0.39, 0.29) is 17.2 Å². The summed E-state index contributed by atoms with van der Waals surface area (Å²) in [5.74, 6) is -1.15. The lowest BCUT2D eigenvalue weighted by Gasteiger charge is -2.20. The molecule has 0 spiro atoms. The van der Waals surface area contributed by atoms with Gasteiger partial charge in [0.05, 0.1) is 17.6 Å². The number of likely N-dealkylation sites (N-methyl/N-ethyl adjacent to an activating group) is 1. The Balaban J connectivity index is 1.78. The summed E-state index contributed by atoms with van der Waals surface area (Å²) in [4.78, 5) is 18.4. The van der Waals surface area contributed by atoms with Crippen LogP contribution in [0, 0.1) is 23.0 Å². The molecule has 2 aromatic carbocycles. The lowest BCUT2D eigenvalue weighted by molar-refractivity contribution is 0.0788. The number of benzene rings is 2. The van der Waals surface area contributed by atoms with E-state index in [0.717, 1.165) is 6.42 Å². The molecule has 170 valence electrons. The maximum atomic E-state index is 14.5. The van der Waals surface area contributed by atoms with E-state index in [0.29, 0.717) is 45.6 Å². The van der Waals surface area contributed by atoms with Crippen LogP contribution in [-0.4, -0.2) is 56.0 Å². The second-order valence-corrected chi connectivity index (χ2v) is 9.22. The van der Waals surface area contributed by atoms with Gasteiger partial charge in [0.2, 0.25) is 0 Å². The summed E-state index contributed by atoms with van der Waals surface area (Å²) in [6.45, 7) is 1.30. The molecule has 3 aromatic rings. The molecular weight excluding hydrogens is 444 g/mol. The Hall–Kier alpha value is -3.28. The third kappa shape index (κ3) is 4.47. The minimum atomic E-state index is -0.644. The number of hydrogen-bond donors (Lipinski definition) is 0. The summed E-state index contributed by atoms with van der Waals surface area (Å²) < 4.78 is 33.9. The first-order chi connectivity index (χ1) is 15.8. The number of halogens is 2. The van der Waals surface area contributed by atoms with E-state index in [9.17, 15) is 13.6 Å². The van der Waals surface area contributed by atoms with Gasteiger partial charge in [0, 0.05) is 29.6 Å². The van der Waals surface area contributed by atoms with Crippen LogP contribution in [-0.2, 0) is 0 Å². The van der Waals surface area contributed by atoms with Gasteiger partial charge in [-0.05, 0) is 68.0 Å². The number of rotatable bonds is 5. The van der Waals surface area contributed by atoms with Crippen LogP contribution in [0.4, 0.5) is 8.78 Å². The second kappa shape index (κ2) is 9.30. The molecule has 1 amide bonds. The first-order valence-electron chi connectivity index (χ1n) is 10.5. The second-order valence-electron chi connectivity index (χ2n) is 8.17. The highest BCUT2D eigenvalue weighted by Crippen LogP contribution is 2.41. The molecule has 1 atom stereocenters. The van der Waals surface area contributed by atoms with Crippen LogP contribution in [0.15, 0.2) is 42.5 Å². The molecule has 0 saturated carbocycles. The molecular formula is C25H23F2N3O2S. The van der Waals surface area contributed by atoms with Gasteiger partial charge in [0.25, 0.3) is 5.91 Å². The van der Waals surface area contributed by atoms with Gasteiger partial charge < -0.3 is 14.5 Å². The van der Waals surface area contributed by atoms with Crippen molar-refractivity contribution in [1.82, 2.24) is 9.80 Å². The van der Waals surface area contributed by atoms with Crippen LogP contribution in [0.25, 0.3) is 21.6 Å². The summed E-state index contributed by atoms with van der Waals surface area (Å²) in [5.41, 5.74) is 1.62. The van der Waals surface area contributed by atoms with E-state index in [2.05, 4.69) is 4.90 Å². The van der Waals surface area contributed by atoms with Crippen LogP contribution in [0.1, 0.15) is 21.7 Å². The quantitative estimate of drug-likeness (QED) is 0.529. The van der Waals surface area contributed by atoms with E-state index in [1.54, 1.807) is 18.2 Å². The van der Waals surface area contributed by atoms with Crippen LogP contribution >= 0.6 is 11.3 Å². The number of amides is 1. The van der Waals surface area contributed by atoms with Crippen molar-refractivity contribution >= 4 is 17.2 Å². The zero-order valence-electron chi connectivity index (χ0n) is 18.6. The molecule has 0 bridgehead atoms. The molecule has 33 heavy (non-hydrogen) atoms. The van der Waals surface area contributed by atoms with Crippen molar-refractivity contribution in [2.24, 2.45) is 0 Å². The number of methoxy groups -OCH3 is 1. The topological polar surface area (TPSA) is 56.6 Å². The van der Waals surface area contributed by atoms with Crippen molar-refractivity contribution < 1.29 is 18.3 Å². The predicted molar refractivity (Wildman–Crippen MR) is 124 cm³/mol. The van der Waals surface area contributed by atoms with Crippen molar-refractivity contribution in [3.05, 3.63) is 64.5 Å². The number of carbonyl (C=O) groups is 1. The van der Waals surface area contributed by atoms with Crippen molar-refractivity contribution in [1.29, 1.82) is 5.26 Å². The molecule has 1 aliphatic heterocycles. The van der Waals surface area contributed by atoms with Gasteiger partial charge in [-0.15, -0.1) is 11.3 Å². The number of hydrogen-bond acceptors (Lipinski definition) is 5. The Bertz CT molecular complexity index is 1250. The van der Waals surface area contributed by atoms with Gasteiger partial charge in [-0.3, -0.25) is 4.79 Å². The maximum Gasteiger partial charge on any atom is 0.264 e. The lowest BCUT2D eigenvalue weighted by Crippen LogP contribution is -2.34. The number of likely N-dealkylation sites (tertiary alicyclic amines) is 1. The van der Waals surface area contributed by atoms with Gasteiger partial charge in [-0.1, -0.05) is 6.07 Å². The molecule has 1 saturated heterocycles. The number of ether oxygens (including phenoxy) is 1. The van der Waals surface area contributed by atoms with Gasteiger partial charge >= 0.3 is 0 Å². The van der Waals surface area contributed by atoms with Crippen LogP contribution in [0.2, 0.25) is 0 Å².